The molecule has 0 aliphatic carbocycles. The van der Waals surface area contributed by atoms with E-state index in [1.165, 1.54) is 17.3 Å². The van der Waals surface area contributed by atoms with E-state index in [1.54, 1.807) is 12.0 Å². The Kier molecular flexibility index (Phi) is 8.33. The number of nitrogens with zero attached hydrogens (tertiary/aromatic N) is 2. The van der Waals surface area contributed by atoms with E-state index in [1.807, 2.05) is 74.5 Å². The quantitative estimate of drug-likeness (QED) is 0.308. The summed E-state index contributed by atoms with van der Waals surface area (Å²) in [7, 11) is 1.63. The number of rotatable bonds is 9. The number of hydrogen-bond donors (Lipinski definition) is 0. The van der Waals surface area contributed by atoms with Crippen molar-refractivity contribution in [2.24, 2.45) is 4.99 Å². The van der Waals surface area contributed by atoms with Gasteiger partial charge in [0.2, 0.25) is 0 Å². The maximum Gasteiger partial charge on any atom is 0.266 e. The highest BCUT2D eigenvalue weighted by Crippen LogP contribution is 2.36. The first kappa shape index (κ1) is 25.4. The van der Waals surface area contributed by atoms with Crippen LogP contribution in [-0.4, -0.2) is 36.2 Å². The number of benzene rings is 3. The summed E-state index contributed by atoms with van der Waals surface area (Å²) < 4.78 is 17.1. The molecule has 1 heterocycles. The molecule has 0 bridgehead atoms. The Morgan fingerprint density at radius 2 is 1.78 bits per heavy atom. The molecule has 1 fully saturated rings. The summed E-state index contributed by atoms with van der Waals surface area (Å²) in [5.74, 6) is 2.02. The molecule has 6 nitrogen and oxygen atoms in total. The van der Waals surface area contributed by atoms with Crippen molar-refractivity contribution in [3.63, 3.8) is 0 Å². The molecule has 1 amide bonds. The van der Waals surface area contributed by atoms with E-state index in [0.717, 1.165) is 22.6 Å². The van der Waals surface area contributed by atoms with Crippen molar-refractivity contribution in [1.82, 2.24) is 4.90 Å². The molecule has 186 valence electrons. The third-order valence-corrected chi connectivity index (χ3v) is 6.55. The summed E-state index contributed by atoms with van der Waals surface area (Å²) in [4.78, 5) is 20.1. The zero-order chi connectivity index (χ0) is 25.5. The molecule has 36 heavy (non-hydrogen) atoms. The van der Waals surface area contributed by atoms with Gasteiger partial charge >= 0.3 is 0 Å². The number of amidine groups is 1. The summed E-state index contributed by atoms with van der Waals surface area (Å²) in [6.07, 6.45) is 1.87. The van der Waals surface area contributed by atoms with Gasteiger partial charge in [-0.2, -0.15) is 0 Å². The predicted octanol–water partition coefficient (Wildman–Crippen LogP) is 6.61. The lowest BCUT2D eigenvalue weighted by Crippen LogP contribution is -2.28. The van der Waals surface area contributed by atoms with Crippen LogP contribution in [0.5, 0.6) is 17.2 Å². The molecule has 0 aromatic heterocycles. The second kappa shape index (κ2) is 11.8. The smallest absolute Gasteiger partial charge is 0.266 e. The lowest BCUT2D eigenvalue weighted by molar-refractivity contribution is -0.122. The van der Waals surface area contributed by atoms with Crippen LogP contribution in [0.1, 0.15) is 30.5 Å². The lowest BCUT2D eigenvalue weighted by atomic mass is 10.1. The third kappa shape index (κ3) is 6.10. The minimum atomic E-state index is -0.0625. The Hall–Kier alpha value is -3.71. The summed E-state index contributed by atoms with van der Waals surface area (Å²) in [5.41, 5.74) is 3.91. The minimum Gasteiger partial charge on any atom is -0.497 e. The van der Waals surface area contributed by atoms with Crippen LogP contribution in [0.25, 0.3) is 6.08 Å². The first-order valence-electron chi connectivity index (χ1n) is 11.9. The molecule has 0 N–H and O–H groups in total. The molecule has 0 unspecified atom stereocenters. The highest BCUT2D eigenvalue weighted by molar-refractivity contribution is 8.18. The monoisotopic (exact) mass is 502 g/mol. The molecule has 1 aliphatic rings. The minimum absolute atomic E-state index is 0.0625. The van der Waals surface area contributed by atoms with Gasteiger partial charge in [0.15, 0.2) is 16.7 Å². The summed E-state index contributed by atoms with van der Waals surface area (Å²) in [5, 5.41) is 0.655. The van der Waals surface area contributed by atoms with Crippen molar-refractivity contribution >= 4 is 34.6 Å². The molecule has 0 atom stereocenters. The van der Waals surface area contributed by atoms with Crippen molar-refractivity contribution in [2.75, 3.05) is 20.3 Å². The van der Waals surface area contributed by atoms with Gasteiger partial charge in [-0.1, -0.05) is 35.9 Å². The number of carbonyl (C=O) groups is 1. The van der Waals surface area contributed by atoms with Crippen LogP contribution in [0.4, 0.5) is 5.69 Å². The van der Waals surface area contributed by atoms with Crippen molar-refractivity contribution in [3.05, 3.63) is 88.3 Å². The van der Waals surface area contributed by atoms with E-state index >= 15 is 0 Å². The van der Waals surface area contributed by atoms with Gasteiger partial charge in [0.1, 0.15) is 12.4 Å². The van der Waals surface area contributed by atoms with Crippen molar-refractivity contribution < 1.29 is 19.0 Å². The average Bonchev–Trinajstić information content (AvgIpc) is 3.17. The number of thioether (sulfide) groups is 1. The van der Waals surface area contributed by atoms with Crippen LogP contribution < -0.4 is 14.2 Å². The van der Waals surface area contributed by atoms with Gasteiger partial charge in [0, 0.05) is 6.54 Å². The van der Waals surface area contributed by atoms with Crippen LogP contribution in [0, 0.1) is 6.92 Å². The zero-order valence-electron chi connectivity index (χ0n) is 21.0. The molecule has 4 rings (SSSR count). The standard InChI is InChI=1S/C29H30N2O4S/c1-5-31-28(32)27(36-29(31)30-23-11-13-24(33-4)14-12-23)18-21-10-15-25(26(17-21)34-6-2)35-19-22-9-7-8-20(3)16-22/h7-18H,5-6,19H2,1-4H3/b27-18+,30-29?. The number of likely N-dealkylation sites (N-methyl/N-ethyl adjacent to an activating group) is 1. The van der Waals surface area contributed by atoms with Gasteiger partial charge in [-0.15, -0.1) is 0 Å². The van der Waals surface area contributed by atoms with Crippen molar-refractivity contribution in [3.8, 4) is 17.2 Å². The van der Waals surface area contributed by atoms with E-state index in [0.29, 0.717) is 41.3 Å². The number of hydrogen-bond acceptors (Lipinski definition) is 6. The van der Waals surface area contributed by atoms with Crippen molar-refractivity contribution in [2.45, 2.75) is 27.4 Å². The van der Waals surface area contributed by atoms with E-state index in [9.17, 15) is 4.79 Å². The normalized spacial score (nSPS) is 15.6. The number of amides is 1. The van der Waals surface area contributed by atoms with Gasteiger partial charge in [-0.3, -0.25) is 9.69 Å². The van der Waals surface area contributed by atoms with Gasteiger partial charge in [-0.25, -0.2) is 4.99 Å². The molecule has 3 aromatic rings. The molecule has 0 saturated carbocycles. The Morgan fingerprint density at radius 3 is 2.47 bits per heavy atom. The number of aryl methyl sites for hydroxylation is 1. The topological polar surface area (TPSA) is 60.4 Å². The maximum absolute atomic E-state index is 13.1. The SMILES string of the molecule is CCOc1cc(/C=C2/SC(=Nc3ccc(OC)cc3)N(CC)C2=O)ccc1OCc1cccc(C)c1. The number of aliphatic imine (C=N–C) groups is 1. The first-order valence-corrected chi connectivity index (χ1v) is 12.7. The van der Waals surface area contributed by atoms with Crippen LogP contribution in [0.2, 0.25) is 0 Å². The molecular weight excluding hydrogens is 472 g/mol. The first-order chi connectivity index (χ1) is 17.5. The number of methoxy groups -OCH3 is 1. The third-order valence-electron chi connectivity index (χ3n) is 5.54. The fourth-order valence-electron chi connectivity index (χ4n) is 3.75. The second-order valence-electron chi connectivity index (χ2n) is 8.17. The highest BCUT2D eigenvalue weighted by atomic mass is 32.2. The fraction of sp³-hybridized carbons (Fsp3) is 0.241. The summed E-state index contributed by atoms with van der Waals surface area (Å²) in [6, 6.07) is 21.4. The molecule has 1 saturated heterocycles. The van der Waals surface area contributed by atoms with E-state index in [4.69, 9.17) is 19.2 Å². The maximum atomic E-state index is 13.1. The van der Waals surface area contributed by atoms with Crippen LogP contribution in [0.3, 0.4) is 0 Å². The van der Waals surface area contributed by atoms with Crippen LogP contribution in [0.15, 0.2) is 76.6 Å². The van der Waals surface area contributed by atoms with Gasteiger partial charge in [-0.05, 0) is 86.1 Å². The predicted molar refractivity (Wildman–Crippen MR) is 146 cm³/mol. The molecular formula is C29H30N2O4S. The highest BCUT2D eigenvalue weighted by Gasteiger charge is 2.32. The largest absolute Gasteiger partial charge is 0.497 e. The molecule has 1 aliphatic heterocycles. The Labute approximate surface area is 216 Å². The Morgan fingerprint density at radius 1 is 0.972 bits per heavy atom. The Balaban J connectivity index is 1.55. The summed E-state index contributed by atoms with van der Waals surface area (Å²) >= 11 is 1.37. The molecule has 0 spiro atoms. The molecule has 0 radical (unpaired) electrons. The fourth-order valence-corrected chi connectivity index (χ4v) is 4.82. The number of carbonyl (C=O) groups excluding carboxylic acids is 1. The van der Waals surface area contributed by atoms with E-state index < -0.39 is 0 Å². The zero-order valence-corrected chi connectivity index (χ0v) is 21.8. The molecule has 3 aromatic carbocycles. The van der Waals surface area contributed by atoms with E-state index in [-0.39, 0.29) is 5.91 Å². The molecule has 7 heteroatoms. The van der Waals surface area contributed by atoms with Crippen LogP contribution >= 0.6 is 11.8 Å². The Bertz CT molecular complexity index is 1280. The average molecular weight is 503 g/mol. The van der Waals surface area contributed by atoms with Gasteiger partial charge < -0.3 is 14.2 Å². The van der Waals surface area contributed by atoms with Crippen LogP contribution in [-0.2, 0) is 11.4 Å². The van der Waals surface area contributed by atoms with E-state index in [2.05, 4.69) is 19.1 Å². The summed E-state index contributed by atoms with van der Waals surface area (Å²) in [6.45, 7) is 7.44. The second-order valence-corrected chi connectivity index (χ2v) is 9.18. The van der Waals surface area contributed by atoms with Gasteiger partial charge in [0.05, 0.1) is 24.3 Å². The lowest BCUT2D eigenvalue weighted by Gasteiger charge is -2.13. The van der Waals surface area contributed by atoms with Crippen molar-refractivity contribution in [1.29, 1.82) is 0 Å². The number of ether oxygens (including phenoxy) is 3. The van der Waals surface area contributed by atoms with Gasteiger partial charge in [0.25, 0.3) is 5.91 Å².